The van der Waals surface area contributed by atoms with E-state index in [0.29, 0.717) is 23.7 Å². The van der Waals surface area contributed by atoms with Gasteiger partial charge in [-0.15, -0.1) is 0 Å². The zero-order chi connectivity index (χ0) is 19.8. The highest BCUT2D eigenvalue weighted by Gasteiger charge is 2.20. The number of nitrogens with one attached hydrogen (secondary N) is 1. The molecule has 1 N–H and O–H groups in total. The highest BCUT2D eigenvalue weighted by Crippen LogP contribution is 2.23. The van der Waals surface area contributed by atoms with E-state index in [4.69, 9.17) is 9.15 Å². The molecule has 0 radical (unpaired) electrons. The van der Waals surface area contributed by atoms with E-state index in [9.17, 15) is 9.59 Å². The number of hydrogen-bond acceptors (Lipinski definition) is 5. The number of carbonyl (C=O) groups is 2. The molecule has 1 saturated heterocycles. The third-order valence-electron chi connectivity index (χ3n) is 5.12. The minimum absolute atomic E-state index is 0.0389. The van der Waals surface area contributed by atoms with Crippen molar-refractivity contribution in [1.82, 2.24) is 14.8 Å². The third kappa shape index (κ3) is 5.25. The van der Waals surface area contributed by atoms with Crippen LogP contribution in [-0.4, -0.2) is 54.6 Å². The fraction of sp³-hybridized carbons (Fsp3) is 0.524. The Morgan fingerprint density at radius 1 is 1.14 bits per heavy atom. The largest absolute Gasteiger partial charge is 0.464 e. The predicted octanol–water partition coefficient (Wildman–Crippen LogP) is 2.92. The standard InChI is InChI=1S/C21H29N3O4/c1-27-21(26)18-10-9-17(19-8-6-15-28-19)24(18)16-20(25)22-11-7-14-23-12-4-2-3-5-13-23/h6,8-10,15H,2-5,7,11-14,16H2,1H3,(H,22,25). The molecule has 2 aromatic rings. The van der Waals surface area contributed by atoms with Gasteiger partial charge < -0.3 is 23.9 Å². The lowest BCUT2D eigenvalue weighted by molar-refractivity contribution is -0.121. The lowest BCUT2D eigenvalue weighted by atomic mass is 10.2. The van der Waals surface area contributed by atoms with Crippen molar-refractivity contribution in [3.05, 3.63) is 36.2 Å². The SMILES string of the molecule is COC(=O)c1ccc(-c2ccco2)n1CC(=O)NCCCN1CCCCCC1. The van der Waals surface area contributed by atoms with Crippen molar-refractivity contribution in [2.24, 2.45) is 0 Å². The van der Waals surface area contributed by atoms with Gasteiger partial charge in [0.25, 0.3) is 0 Å². The van der Waals surface area contributed by atoms with Crippen LogP contribution in [0.15, 0.2) is 34.9 Å². The van der Waals surface area contributed by atoms with Gasteiger partial charge in [0.1, 0.15) is 18.0 Å². The van der Waals surface area contributed by atoms with E-state index >= 15 is 0 Å². The minimum atomic E-state index is -0.480. The highest BCUT2D eigenvalue weighted by atomic mass is 16.5. The molecule has 0 spiro atoms. The smallest absolute Gasteiger partial charge is 0.354 e. The predicted molar refractivity (Wildman–Crippen MR) is 106 cm³/mol. The summed E-state index contributed by atoms with van der Waals surface area (Å²) in [4.78, 5) is 27.0. The van der Waals surface area contributed by atoms with Crippen LogP contribution in [-0.2, 0) is 16.1 Å². The second kappa shape index (κ2) is 10.1. The maximum absolute atomic E-state index is 12.5. The Labute approximate surface area is 165 Å². The number of rotatable bonds is 8. The molecular formula is C21H29N3O4. The molecule has 0 aromatic carbocycles. The van der Waals surface area contributed by atoms with Crippen molar-refractivity contribution < 1.29 is 18.7 Å². The Hall–Kier alpha value is -2.54. The summed E-state index contributed by atoms with van der Waals surface area (Å²) in [6.45, 7) is 3.99. The van der Waals surface area contributed by atoms with Crippen molar-refractivity contribution in [3.8, 4) is 11.5 Å². The lowest BCUT2D eigenvalue weighted by Crippen LogP contribution is -2.33. The maximum atomic E-state index is 12.5. The Balaban J connectivity index is 1.55. The molecule has 0 bridgehead atoms. The average Bonchev–Trinajstić information content (AvgIpc) is 3.29. The van der Waals surface area contributed by atoms with Crippen LogP contribution in [0.2, 0.25) is 0 Å². The first-order chi connectivity index (χ1) is 13.7. The number of aromatic nitrogens is 1. The number of likely N-dealkylation sites (tertiary alicyclic amines) is 1. The van der Waals surface area contributed by atoms with Gasteiger partial charge in [-0.1, -0.05) is 12.8 Å². The summed E-state index contributed by atoms with van der Waals surface area (Å²) in [6, 6.07) is 6.98. The van der Waals surface area contributed by atoms with Crippen LogP contribution in [0.1, 0.15) is 42.6 Å². The molecule has 0 saturated carbocycles. The molecule has 1 aliphatic heterocycles. The summed E-state index contributed by atoms with van der Waals surface area (Å²) < 4.78 is 11.9. The molecule has 3 rings (SSSR count). The van der Waals surface area contributed by atoms with Gasteiger partial charge in [-0.2, -0.15) is 0 Å². The Morgan fingerprint density at radius 3 is 2.61 bits per heavy atom. The molecule has 7 heteroatoms. The zero-order valence-corrected chi connectivity index (χ0v) is 16.5. The first-order valence-electron chi connectivity index (χ1n) is 10.00. The van der Waals surface area contributed by atoms with Crippen LogP contribution in [0.25, 0.3) is 11.5 Å². The van der Waals surface area contributed by atoms with Gasteiger partial charge in [0, 0.05) is 6.54 Å². The molecule has 1 fully saturated rings. The Kier molecular flexibility index (Phi) is 7.31. The van der Waals surface area contributed by atoms with Crippen LogP contribution < -0.4 is 5.32 Å². The molecule has 0 atom stereocenters. The number of furan rings is 1. The molecule has 28 heavy (non-hydrogen) atoms. The summed E-state index contributed by atoms with van der Waals surface area (Å²) in [7, 11) is 1.33. The van der Waals surface area contributed by atoms with E-state index in [2.05, 4.69) is 10.2 Å². The minimum Gasteiger partial charge on any atom is -0.464 e. The van der Waals surface area contributed by atoms with E-state index in [1.165, 1.54) is 32.8 Å². The van der Waals surface area contributed by atoms with Crippen molar-refractivity contribution in [3.63, 3.8) is 0 Å². The average molecular weight is 387 g/mol. The summed E-state index contributed by atoms with van der Waals surface area (Å²) >= 11 is 0. The van der Waals surface area contributed by atoms with Crippen LogP contribution in [0, 0.1) is 0 Å². The second-order valence-corrected chi connectivity index (χ2v) is 7.12. The van der Waals surface area contributed by atoms with Gasteiger partial charge >= 0.3 is 5.97 Å². The molecule has 3 heterocycles. The number of esters is 1. The number of ether oxygens (including phenoxy) is 1. The molecule has 0 unspecified atom stereocenters. The Bertz CT molecular complexity index is 759. The quantitative estimate of drug-likeness (QED) is 0.557. The first kappa shape index (κ1) is 20.2. The number of carbonyl (C=O) groups excluding carboxylic acids is 2. The van der Waals surface area contributed by atoms with Crippen molar-refractivity contribution in [2.45, 2.75) is 38.6 Å². The third-order valence-corrected chi connectivity index (χ3v) is 5.12. The van der Waals surface area contributed by atoms with Gasteiger partial charge in [-0.25, -0.2) is 4.79 Å². The van der Waals surface area contributed by atoms with Crippen LogP contribution in [0.5, 0.6) is 0 Å². The maximum Gasteiger partial charge on any atom is 0.354 e. The van der Waals surface area contributed by atoms with Gasteiger partial charge in [0.15, 0.2) is 0 Å². The Morgan fingerprint density at radius 2 is 1.93 bits per heavy atom. The molecule has 0 aliphatic carbocycles. The van der Waals surface area contributed by atoms with E-state index < -0.39 is 5.97 Å². The first-order valence-corrected chi connectivity index (χ1v) is 10.00. The molecule has 7 nitrogen and oxygen atoms in total. The monoisotopic (exact) mass is 387 g/mol. The van der Waals surface area contributed by atoms with Crippen LogP contribution in [0.4, 0.5) is 0 Å². The fourth-order valence-electron chi connectivity index (χ4n) is 3.65. The van der Waals surface area contributed by atoms with E-state index in [0.717, 1.165) is 26.1 Å². The summed E-state index contributed by atoms with van der Waals surface area (Å²) in [5, 5.41) is 2.96. The number of methoxy groups -OCH3 is 1. The zero-order valence-electron chi connectivity index (χ0n) is 16.5. The van der Waals surface area contributed by atoms with E-state index in [-0.39, 0.29) is 12.5 Å². The lowest BCUT2D eigenvalue weighted by Gasteiger charge is -2.19. The van der Waals surface area contributed by atoms with E-state index in [1.807, 2.05) is 0 Å². The van der Waals surface area contributed by atoms with Gasteiger partial charge in [-0.3, -0.25) is 4.79 Å². The number of nitrogens with zero attached hydrogens (tertiary/aromatic N) is 2. The summed E-state index contributed by atoms with van der Waals surface area (Å²) in [5.41, 5.74) is 0.999. The molecule has 2 aromatic heterocycles. The summed E-state index contributed by atoms with van der Waals surface area (Å²) in [5.74, 6) is -0.0130. The topological polar surface area (TPSA) is 76.7 Å². The normalized spacial score (nSPS) is 15.2. The van der Waals surface area contributed by atoms with Gasteiger partial charge in [0.2, 0.25) is 5.91 Å². The second-order valence-electron chi connectivity index (χ2n) is 7.12. The van der Waals surface area contributed by atoms with Crippen LogP contribution >= 0.6 is 0 Å². The molecule has 152 valence electrons. The van der Waals surface area contributed by atoms with Crippen LogP contribution in [0.3, 0.4) is 0 Å². The van der Waals surface area contributed by atoms with Gasteiger partial charge in [0.05, 0.1) is 19.1 Å². The van der Waals surface area contributed by atoms with Crippen molar-refractivity contribution in [1.29, 1.82) is 0 Å². The van der Waals surface area contributed by atoms with Gasteiger partial charge in [-0.05, 0) is 63.2 Å². The number of hydrogen-bond donors (Lipinski definition) is 1. The number of amides is 1. The van der Waals surface area contributed by atoms with E-state index in [1.54, 1.807) is 35.1 Å². The highest BCUT2D eigenvalue weighted by molar-refractivity contribution is 5.90. The van der Waals surface area contributed by atoms with Crippen molar-refractivity contribution >= 4 is 11.9 Å². The molecular weight excluding hydrogens is 358 g/mol. The molecule has 1 aliphatic rings. The molecule has 1 amide bonds. The van der Waals surface area contributed by atoms with Crippen molar-refractivity contribution in [2.75, 3.05) is 33.3 Å². The summed E-state index contributed by atoms with van der Waals surface area (Å²) in [6.07, 6.45) is 7.67. The fourth-order valence-corrected chi connectivity index (χ4v) is 3.65.